The molecule has 0 radical (unpaired) electrons. The van der Waals surface area contributed by atoms with Gasteiger partial charge >= 0.3 is 0 Å². The highest BCUT2D eigenvalue weighted by Crippen LogP contribution is 2.17. The predicted molar refractivity (Wildman–Crippen MR) is 73.4 cm³/mol. The number of hydrogen-bond donors (Lipinski definition) is 1. The topological polar surface area (TPSA) is 24.5 Å². The maximum Gasteiger partial charge on any atom is 0.0826 e. The Morgan fingerprint density at radius 3 is 2.65 bits per heavy atom. The fraction of sp³-hybridized carbons (Fsp3) is 1.00. The van der Waals surface area contributed by atoms with E-state index in [0.717, 1.165) is 32.2 Å². The van der Waals surface area contributed by atoms with Crippen molar-refractivity contribution in [1.82, 2.24) is 10.2 Å². The Kier molecular flexibility index (Phi) is 7.09. The van der Waals surface area contributed by atoms with E-state index in [0.29, 0.717) is 12.1 Å². The van der Waals surface area contributed by atoms with Gasteiger partial charge in [-0.3, -0.25) is 0 Å². The van der Waals surface area contributed by atoms with Crippen LogP contribution in [0.3, 0.4) is 0 Å². The van der Waals surface area contributed by atoms with Gasteiger partial charge in [0.15, 0.2) is 0 Å². The summed E-state index contributed by atoms with van der Waals surface area (Å²) in [5, 5.41) is 3.40. The van der Waals surface area contributed by atoms with Gasteiger partial charge in [0.05, 0.1) is 12.7 Å². The van der Waals surface area contributed by atoms with Crippen LogP contribution in [0.25, 0.3) is 0 Å². The molecule has 0 amide bonds. The molecule has 1 aliphatic rings. The molecule has 0 saturated carbocycles. The molecule has 0 spiro atoms. The van der Waals surface area contributed by atoms with E-state index in [1.54, 1.807) is 0 Å². The van der Waals surface area contributed by atoms with Gasteiger partial charge < -0.3 is 15.0 Å². The van der Waals surface area contributed by atoms with Crippen molar-refractivity contribution >= 4 is 0 Å². The Hall–Kier alpha value is -0.120. The van der Waals surface area contributed by atoms with E-state index in [-0.39, 0.29) is 0 Å². The Morgan fingerprint density at radius 1 is 1.35 bits per heavy atom. The highest BCUT2D eigenvalue weighted by atomic mass is 16.5. The van der Waals surface area contributed by atoms with E-state index in [4.69, 9.17) is 4.74 Å². The molecule has 0 aromatic carbocycles. The summed E-state index contributed by atoms with van der Waals surface area (Å²) in [5.41, 5.74) is 0. The van der Waals surface area contributed by atoms with Crippen LogP contribution in [0.4, 0.5) is 0 Å². The number of ether oxygens (including phenoxy) is 1. The Bertz CT molecular complexity index is 193. The molecule has 17 heavy (non-hydrogen) atoms. The van der Waals surface area contributed by atoms with Gasteiger partial charge in [-0.2, -0.15) is 0 Å². The smallest absolute Gasteiger partial charge is 0.0826 e. The summed E-state index contributed by atoms with van der Waals surface area (Å²) in [6.45, 7) is 10.9. The summed E-state index contributed by atoms with van der Waals surface area (Å²) in [6.07, 6.45) is 4.20. The third-order valence-electron chi connectivity index (χ3n) is 3.96. The third-order valence-corrected chi connectivity index (χ3v) is 3.96. The van der Waals surface area contributed by atoms with Crippen molar-refractivity contribution in [3.8, 4) is 0 Å². The first-order valence-corrected chi connectivity index (χ1v) is 7.19. The quantitative estimate of drug-likeness (QED) is 0.740. The van der Waals surface area contributed by atoms with Crippen molar-refractivity contribution in [1.29, 1.82) is 0 Å². The van der Waals surface area contributed by atoms with Crippen LogP contribution in [0.15, 0.2) is 0 Å². The highest BCUT2D eigenvalue weighted by molar-refractivity contribution is 4.76. The average Bonchev–Trinajstić information content (AvgIpc) is 2.36. The summed E-state index contributed by atoms with van der Waals surface area (Å²) < 4.78 is 5.77. The molecule has 1 fully saturated rings. The minimum Gasteiger partial charge on any atom is -0.374 e. The van der Waals surface area contributed by atoms with E-state index >= 15 is 0 Å². The number of hydrogen-bond acceptors (Lipinski definition) is 3. The molecule has 3 heteroatoms. The minimum absolute atomic E-state index is 0.375. The van der Waals surface area contributed by atoms with Crippen LogP contribution in [0.5, 0.6) is 0 Å². The van der Waals surface area contributed by atoms with Crippen LogP contribution >= 0.6 is 0 Å². The lowest BCUT2D eigenvalue weighted by atomic mass is 9.96. The van der Waals surface area contributed by atoms with Gasteiger partial charge in [0.25, 0.3) is 0 Å². The number of morpholine rings is 1. The van der Waals surface area contributed by atoms with E-state index in [1.807, 2.05) is 0 Å². The lowest BCUT2D eigenvalue weighted by molar-refractivity contribution is 0.000645. The fourth-order valence-corrected chi connectivity index (χ4v) is 2.50. The van der Waals surface area contributed by atoms with Crippen LogP contribution in [0.2, 0.25) is 0 Å². The number of nitrogens with zero attached hydrogens (tertiary/aromatic N) is 1. The van der Waals surface area contributed by atoms with E-state index in [9.17, 15) is 0 Å². The summed E-state index contributed by atoms with van der Waals surface area (Å²) in [5.74, 6) is 0.827. The second kappa shape index (κ2) is 8.06. The van der Waals surface area contributed by atoms with Gasteiger partial charge in [-0.05, 0) is 25.8 Å². The number of rotatable bonds is 7. The summed E-state index contributed by atoms with van der Waals surface area (Å²) in [7, 11) is 2.24. The summed E-state index contributed by atoms with van der Waals surface area (Å²) >= 11 is 0. The Balaban J connectivity index is 2.33. The molecule has 102 valence electrons. The van der Waals surface area contributed by atoms with Crippen LogP contribution in [0, 0.1) is 5.92 Å². The molecular weight excluding hydrogens is 212 g/mol. The zero-order valence-corrected chi connectivity index (χ0v) is 12.0. The van der Waals surface area contributed by atoms with Gasteiger partial charge in [0, 0.05) is 25.7 Å². The average molecular weight is 242 g/mol. The standard InChI is InChI=1S/C14H30N2O/c1-5-12(3)9-13(6-2)16(4)11-14-10-15-7-8-17-14/h12-15H,5-11H2,1-4H3. The van der Waals surface area contributed by atoms with Gasteiger partial charge in [0.1, 0.15) is 0 Å². The molecule has 1 aliphatic heterocycles. The molecule has 0 aliphatic carbocycles. The zero-order valence-electron chi connectivity index (χ0n) is 12.0. The maximum absolute atomic E-state index is 5.77. The normalized spacial score (nSPS) is 24.9. The van der Waals surface area contributed by atoms with Crippen molar-refractivity contribution in [2.24, 2.45) is 5.92 Å². The van der Waals surface area contributed by atoms with Crippen molar-refractivity contribution in [3.63, 3.8) is 0 Å². The molecule has 3 atom stereocenters. The lowest BCUT2D eigenvalue weighted by Gasteiger charge is -2.33. The third kappa shape index (κ3) is 5.36. The van der Waals surface area contributed by atoms with Crippen molar-refractivity contribution in [3.05, 3.63) is 0 Å². The molecule has 3 nitrogen and oxygen atoms in total. The van der Waals surface area contributed by atoms with Crippen LogP contribution in [-0.2, 0) is 4.74 Å². The van der Waals surface area contributed by atoms with E-state index in [1.165, 1.54) is 19.3 Å². The molecule has 1 rings (SSSR count). The van der Waals surface area contributed by atoms with Crippen LogP contribution in [-0.4, -0.2) is 50.3 Å². The first-order chi connectivity index (χ1) is 8.17. The first-order valence-electron chi connectivity index (χ1n) is 7.19. The Labute approximate surface area is 107 Å². The van der Waals surface area contributed by atoms with E-state index < -0.39 is 0 Å². The highest BCUT2D eigenvalue weighted by Gasteiger charge is 2.20. The Morgan fingerprint density at radius 2 is 2.12 bits per heavy atom. The SMILES string of the molecule is CCC(C)CC(CC)N(C)CC1CNCCO1. The van der Waals surface area contributed by atoms with Crippen LogP contribution in [0.1, 0.15) is 40.0 Å². The van der Waals surface area contributed by atoms with Gasteiger partial charge in [-0.15, -0.1) is 0 Å². The molecule has 0 bridgehead atoms. The molecular formula is C14H30N2O. The molecule has 3 unspecified atom stereocenters. The molecule has 0 aromatic rings. The van der Waals surface area contributed by atoms with Gasteiger partial charge in [-0.1, -0.05) is 27.2 Å². The van der Waals surface area contributed by atoms with E-state index in [2.05, 4.69) is 38.0 Å². The van der Waals surface area contributed by atoms with Gasteiger partial charge in [-0.25, -0.2) is 0 Å². The maximum atomic E-state index is 5.77. The molecule has 0 aromatic heterocycles. The minimum atomic E-state index is 0.375. The molecule has 1 N–H and O–H groups in total. The molecule has 1 saturated heterocycles. The second-order valence-electron chi connectivity index (χ2n) is 5.45. The largest absolute Gasteiger partial charge is 0.374 e. The van der Waals surface area contributed by atoms with Crippen molar-refractivity contribution in [2.75, 3.05) is 33.3 Å². The zero-order chi connectivity index (χ0) is 12.7. The number of likely N-dealkylation sites (N-methyl/N-ethyl adjacent to an activating group) is 1. The monoisotopic (exact) mass is 242 g/mol. The lowest BCUT2D eigenvalue weighted by Crippen LogP contribution is -2.47. The first kappa shape index (κ1) is 14.9. The van der Waals surface area contributed by atoms with Crippen LogP contribution < -0.4 is 5.32 Å². The summed E-state index contributed by atoms with van der Waals surface area (Å²) in [4.78, 5) is 2.49. The second-order valence-corrected chi connectivity index (χ2v) is 5.45. The van der Waals surface area contributed by atoms with Crippen molar-refractivity contribution < 1.29 is 4.74 Å². The predicted octanol–water partition coefficient (Wildman–Crippen LogP) is 2.12. The van der Waals surface area contributed by atoms with Gasteiger partial charge in [0.2, 0.25) is 0 Å². The fourth-order valence-electron chi connectivity index (χ4n) is 2.50. The number of nitrogens with one attached hydrogen (secondary N) is 1. The summed E-state index contributed by atoms with van der Waals surface area (Å²) in [6, 6.07) is 0.704. The molecule has 1 heterocycles. The van der Waals surface area contributed by atoms with Crippen molar-refractivity contribution in [2.45, 2.75) is 52.2 Å².